The predicted molar refractivity (Wildman–Crippen MR) is 65.1 cm³/mol. The summed E-state index contributed by atoms with van der Waals surface area (Å²) in [6.07, 6.45) is 0. The zero-order chi connectivity index (χ0) is 11.7. The van der Waals surface area contributed by atoms with Gasteiger partial charge in [-0.3, -0.25) is 0 Å². The van der Waals surface area contributed by atoms with Crippen molar-refractivity contribution in [3.63, 3.8) is 0 Å². The van der Waals surface area contributed by atoms with Gasteiger partial charge in [0.05, 0.1) is 17.3 Å². The molecule has 0 saturated carbocycles. The molecule has 0 aliphatic heterocycles. The molecule has 0 atom stereocenters. The normalized spacial score (nSPS) is 11.0. The number of hydrogen-bond acceptors (Lipinski definition) is 2. The third-order valence-electron chi connectivity index (χ3n) is 2.16. The van der Waals surface area contributed by atoms with Crippen LogP contribution in [0.1, 0.15) is 5.69 Å². The molecule has 2 rings (SSSR count). The van der Waals surface area contributed by atoms with E-state index in [-0.39, 0.29) is 5.52 Å². The van der Waals surface area contributed by atoms with E-state index < -0.39 is 5.82 Å². The fourth-order valence-corrected chi connectivity index (χ4v) is 2.46. The van der Waals surface area contributed by atoms with Crippen LogP contribution in [0.3, 0.4) is 0 Å². The van der Waals surface area contributed by atoms with Gasteiger partial charge in [0.1, 0.15) is 11.3 Å². The average Bonchev–Trinajstić information content (AvgIpc) is 2.23. The molecule has 0 bridgehead atoms. The molecule has 0 aliphatic carbocycles. The maximum absolute atomic E-state index is 13.6. The van der Waals surface area contributed by atoms with Crippen LogP contribution in [0.5, 0.6) is 0 Å². The minimum atomic E-state index is -0.391. The summed E-state index contributed by atoms with van der Waals surface area (Å²) in [5.74, 6) is -0.391. The van der Waals surface area contributed by atoms with Gasteiger partial charge in [0.15, 0.2) is 0 Å². The van der Waals surface area contributed by atoms with E-state index in [1.807, 2.05) is 0 Å². The summed E-state index contributed by atoms with van der Waals surface area (Å²) in [6, 6.07) is 4.64. The lowest BCUT2D eigenvalue weighted by molar-refractivity contribution is 0.182. The Kier molecular flexibility index (Phi) is 3.42. The van der Waals surface area contributed by atoms with Crippen LogP contribution in [0.4, 0.5) is 4.39 Å². The van der Waals surface area contributed by atoms with Crippen molar-refractivity contribution in [3.05, 3.63) is 39.2 Å². The molecule has 0 saturated heterocycles. The number of fused-ring (bicyclic) bond motifs is 1. The van der Waals surface area contributed by atoms with Crippen LogP contribution in [0.25, 0.3) is 10.9 Å². The van der Waals surface area contributed by atoms with Gasteiger partial charge in [0.2, 0.25) is 0 Å². The number of methoxy groups -OCH3 is 1. The minimum Gasteiger partial charge on any atom is -0.378 e. The summed E-state index contributed by atoms with van der Waals surface area (Å²) >= 11 is 9.41. The Morgan fingerprint density at radius 2 is 2.25 bits per heavy atom. The number of nitrogens with zero attached hydrogens (tertiary/aromatic N) is 1. The Bertz CT molecular complexity index is 547. The Morgan fingerprint density at radius 1 is 1.50 bits per heavy atom. The van der Waals surface area contributed by atoms with Gasteiger partial charge in [-0.2, -0.15) is 0 Å². The number of hydrogen-bond donors (Lipinski definition) is 0. The highest BCUT2D eigenvalue weighted by Gasteiger charge is 2.11. The summed E-state index contributed by atoms with van der Waals surface area (Å²) in [5.41, 5.74) is 0.867. The summed E-state index contributed by atoms with van der Waals surface area (Å²) in [5, 5.41) is 1.05. The van der Waals surface area contributed by atoms with E-state index in [0.717, 1.165) is 4.47 Å². The van der Waals surface area contributed by atoms with Gasteiger partial charge in [0.25, 0.3) is 0 Å². The van der Waals surface area contributed by atoms with Crippen molar-refractivity contribution in [2.75, 3.05) is 7.11 Å². The van der Waals surface area contributed by atoms with E-state index in [9.17, 15) is 4.39 Å². The van der Waals surface area contributed by atoms with Crippen molar-refractivity contribution in [2.24, 2.45) is 0 Å². The van der Waals surface area contributed by atoms with Gasteiger partial charge in [-0.15, -0.1) is 0 Å². The van der Waals surface area contributed by atoms with Gasteiger partial charge >= 0.3 is 0 Å². The molecule has 1 aromatic heterocycles. The monoisotopic (exact) mass is 303 g/mol. The third-order valence-corrected chi connectivity index (χ3v) is 3.12. The van der Waals surface area contributed by atoms with Gasteiger partial charge in [-0.05, 0) is 18.2 Å². The van der Waals surface area contributed by atoms with E-state index in [1.165, 1.54) is 6.07 Å². The minimum absolute atomic E-state index is 0.258. The van der Waals surface area contributed by atoms with E-state index in [2.05, 4.69) is 20.9 Å². The first-order chi connectivity index (χ1) is 7.63. The summed E-state index contributed by atoms with van der Waals surface area (Å²) < 4.78 is 19.3. The summed E-state index contributed by atoms with van der Waals surface area (Å²) in [4.78, 5) is 4.17. The molecule has 5 heteroatoms. The van der Waals surface area contributed by atoms with Crippen molar-refractivity contribution in [1.82, 2.24) is 4.98 Å². The molecular formula is C11H8BrClFNO. The molecule has 0 amide bonds. The predicted octanol–water partition coefficient (Wildman–Crippen LogP) is 3.94. The van der Waals surface area contributed by atoms with E-state index in [0.29, 0.717) is 22.7 Å². The molecule has 0 aliphatic rings. The molecular weight excluding hydrogens is 296 g/mol. The Balaban J connectivity index is 2.76. The number of halogens is 3. The van der Waals surface area contributed by atoms with Crippen molar-refractivity contribution in [1.29, 1.82) is 0 Å². The number of benzene rings is 1. The second-order valence-corrected chi connectivity index (χ2v) is 4.54. The average molecular weight is 305 g/mol. The van der Waals surface area contributed by atoms with Gasteiger partial charge in [0, 0.05) is 17.0 Å². The first-order valence-electron chi connectivity index (χ1n) is 4.55. The molecule has 0 spiro atoms. The fraction of sp³-hybridized carbons (Fsp3) is 0.182. The maximum atomic E-state index is 13.6. The van der Waals surface area contributed by atoms with Crippen molar-refractivity contribution in [3.8, 4) is 0 Å². The number of ether oxygens (including phenoxy) is 1. The van der Waals surface area contributed by atoms with Gasteiger partial charge < -0.3 is 4.74 Å². The topological polar surface area (TPSA) is 22.1 Å². The van der Waals surface area contributed by atoms with E-state index in [4.69, 9.17) is 16.3 Å². The number of aromatic nitrogens is 1. The quantitative estimate of drug-likeness (QED) is 0.838. The second kappa shape index (κ2) is 4.65. The van der Waals surface area contributed by atoms with Gasteiger partial charge in [-0.25, -0.2) is 9.37 Å². The van der Waals surface area contributed by atoms with E-state index >= 15 is 0 Å². The van der Waals surface area contributed by atoms with Crippen LogP contribution in [0.15, 0.2) is 22.7 Å². The van der Waals surface area contributed by atoms with Crippen molar-refractivity contribution in [2.45, 2.75) is 6.61 Å². The summed E-state index contributed by atoms with van der Waals surface area (Å²) in [6.45, 7) is 0.307. The lowest BCUT2D eigenvalue weighted by atomic mass is 10.2. The molecule has 1 aromatic carbocycles. The number of pyridine rings is 1. The SMILES string of the molecule is COCc1cc(Cl)c2c(Br)ccc(F)c2n1. The highest BCUT2D eigenvalue weighted by atomic mass is 79.9. The molecule has 0 fully saturated rings. The molecule has 84 valence electrons. The zero-order valence-corrected chi connectivity index (χ0v) is 10.8. The van der Waals surface area contributed by atoms with Crippen LogP contribution in [0, 0.1) is 5.82 Å². The van der Waals surface area contributed by atoms with Crippen LogP contribution in [-0.4, -0.2) is 12.1 Å². The maximum Gasteiger partial charge on any atom is 0.149 e. The smallest absolute Gasteiger partial charge is 0.149 e. The fourth-order valence-electron chi connectivity index (χ4n) is 1.49. The first-order valence-corrected chi connectivity index (χ1v) is 5.72. The molecule has 0 unspecified atom stereocenters. The van der Waals surface area contributed by atoms with Crippen LogP contribution in [-0.2, 0) is 11.3 Å². The van der Waals surface area contributed by atoms with E-state index in [1.54, 1.807) is 19.2 Å². The highest BCUT2D eigenvalue weighted by Crippen LogP contribution is 2.31. The van der Waals surface area contributed by atoms with Crippen molar-refractivity contribution >= 4 is 38.4 Å². The lowest BCUT2D eigenvalue weighted by Gasteiger charge is -2.07. The number of rotatable bonds is 2. The van der Waals surface area contributed by atoms with Crippen LogP contribution in [0.2, 0.25) is 5.02 Å². The van der Waals surface area contributed by atoms with Crippen LogP contribution < -0.4 is 0 Å². The molecule has 0 N–H and O–H groups in total. The Morgan fingerprint density at radius 3 is 2.94 bits per heavy atom. The molecule has 0 radical (unpaired) electrons. The largest absolute Gasteiger partial charge is 0.378 e. The lowest BCUT2D eigenvalue weighted by Crippen LogP contribution is -1.95. The van der Waals surface area contributed by atoms with Crippen molar-refractivity contribution < 1.29 is 9.13 Å². The molecule has 1 heterocycles. The standard InChI is InChI=1S/C11H8BrClFNO/c1-16-5-6-4-8(13)10-7(12)2-3-9(14)11(10)15-6/h2-4H,5H2,1H3. The molecule has 2 aromatic rings. The second-order valence-electron chi connectivity index (χ2n) is 3.28. The Labute approximate surface area is 106 Å². The zero-order valence-electron chi connectivity index (χ0n) is 8.43. The molecule has 16 heavy (non-hydrogen) atoms. The van der Waals surface area contributed by atoms with Crippen LogP contribution >= 0.6 is 27.5 Å². The summed E-state index contributed by atoms with van der Waals surface area (Å²) in [7, 11) is 1.55. The third kappa shape index (κ3) is 2.05. The molecule has 2 nitrogen and oxygen atoms in total. The van der Waals surface area contributed by atoms with Gasteiger partial charge in [-0.1, -0.05) is 27.5 Å². The Hall–Kier alpha value is -0.710. The first kappa shape index (κ1) is 11.8. The highest BCUT2D eigenvalue weighted by molar-refractivity contribution is 9.10.